The highest BCUT2D eigenvalue weighted by atomic mass is 16.1. The molecule has 1 amide bonds. The number of carbonyl (C=O) groups is 1. The van der Waals surface area contributed by atoms with Crippen molar-refractivity contribution in [2.45, 2.75) is 13.5 Å². The number of hydrogen-bond donors (Lipinski definition) is 2. The number of nitrogens with one attached hydrogen (secondary N) is 1. The second kappa shape index (κ2) is 3.82. The Morgan fingerprint density at radius 2 is 2.58 bits per heavy atom. The van der Waals surface area contributed by atoms with Gasteiger partial charge in [-0.15, -0.1) is 5.10 Å². The Morgan fingerprint density at radius 1 is 1.83 bits per heavy atom. The van der Waals surface area contributed by atoms with Gasteiger partial charge >= 0.3 is 0 Å². The summed E-state index contributed by atoms with van der Waals surface area (Å²) in [6.45, 7) is 2.53. The maximum atomic E-state index is 10.6. The van der Waals surface area contributed by atoms with Crippen molar-refractivity contribution in [1.82, 2.24) is 15.0 Å². The van der Waals surface area contributed by atoms with Crippen molar-refractivity contribution >= 4 is 11.7 Å². The number of carbonyl (C=O) groups excluding carboxylic acids is 1. The van der Waals surface area contributed by atoms with Crippen molar-refractivity contribution in [2.24, 2.45) is 5.73 Å². The molecule has 0 aromatic carbocycles. The third-order valence-corrected chi connectivity index (χ3v) is 1.20. The Morgan fingerprint density at radius 3 is 3.17 bits per heavy atom. The topological polar surface area (TPSA) is 85.8 Å². The van der Waals surface area contributed by atoms with Gasteiger partial charge < -0.3 is 11.1 Å². The largest absolute Gasteiger partial charge is 0.329 e. The third kappa shape index (κ3) is 2.31. The highest BCUT2D eigenvalue weighted by Crippen LogP contribution is 1.98. The molecule has 0 saturated carbocycles. The van der Waals surface area contributed by atoms with Gasteiger partial charge in [0.05, 0.1) is 12.7 Å². The summed E-state index contributed by atoms with van der Waals surface area (Å²) in [7, 11) is 0. The molecule has 3 N–H and O–H groups in total. The SMILES string of the molecule is CC(=O)Nc1cn(CCN)nn1. The molecule has 0 saturated heterocycles. The lowest BCUT2D eigenvalue weighted by Crippen LogP contribution is -2.10. The molecule has 0 aliphatic carbocycles. The van der Waals surface area contributed by atoms with Gasteiger partial charge in [-0.2, -0.15) is 0 Å². The quantitative estimate of drug-likeness (QED) is 0.620. The van der Waals surface area contributed by atoms with Crippen LogP contribution >= 0.6 is 0 Å². The molecule has 0 unspecified atom stereocenters. The molecule has 0 aliphatic rings. The predicted octanol–water partition coefficient (Wildman–Crippen LogP) is -0.805. The molecule has 0 aliphatic heterocycles. The maximum absolute atomic E-state index is 10.6. The van der Waals surface area contributed by atoms with Crippen molar-refractivity contribution in [3.05, 3.63) is 6.20 Å². The van der Waals surface area contributed by atoms with Gasteiger partial charge in [-0.05, 0) is 0 Å². The van der Waals surface area contributed by atoms with Gasteiger partial charge in [0.1, 0.15) is 0 Å². The minimum Gasteiger partial charge on any atom is -0.329 e. The molecule has 0 fully saturated rings. The van der Waals surface area contributed by atoms with E-state index < -0.39 is 0 Å². The van der Waals surface area contributed by atoms with Crippen molar-refractivity contribution < 1.29 is 4.79 Å². The zero-order chi connectivity index (χ0) is 8.97. The van der Waals surface area contributed by atoms with E-state index in [0.29, 0.717) is 18.9 Å². The minimum absolute atomic E-state index is 0.158. The number of rotatable bonds is 3. The molecular formula is C6H11N5O. The van der Waals surface area contributed by atoms with Crippen molar-refractivity contribution in [1.29, 1.82) is 0 Å². The molecule has 0 radical (unpaired) electrons. The third-order valence-electron chi connectivity index (χ3n) is 1.20. The Kier molecular flexibility index (Phi) is 2.76. The summed E-state index contributed by atoms with van der Waals surface area (Å²) in [6.07, 6.45) is 1.63. The van der Waals surface area contributed by atoms with Gasteiger partial charge in [-0.25, -0.2) is 4.68 Å². The Labute approximate surface area is 69.7 Å². The van der Waals surface area contributed by atoms with Crippen LogP contribution in [-0.2, 0) is 11.3 Å². The van der Waals surface area contributed by atoms with Crippen LogP contribution in [0, 0.1) is 0 Å². The number of anilines is 1. The fourth-order valence-corrected chi connectivity index (χ4v) is 0.778. The smallest absolute Gasteiger partial charge is 0.222 e. The van der Waals surface area contributed by atoms with E-state index in [1.165, 1.54) is 6.92 Å². The number of hydrogen-bond acceptors (Lipinski definition) is 4. The van der Waals surface area contributed by atoms with Crippen molar-refractivity contribution in [3.63, 3.8) is 0 Å². The molecule has 6 nitrogen and oxygen atoms in total. The molecule has 1 heterocycles. The number of nitrogens with two attached hydrogens (primary N) is 1. The van der Waals surface area contributed by atoms with Gasteiger partial charge in [-0.1, -0.05) is 5.21 Å². The normalized spacial score (nSPS) is 9.83. The van der Waals surface area contributed by atoms with Crippen LogP contribution in [0.3, 0.4) is 0 Å². The van der Waals surface area contributed by atoms with E-state index in [-0.39, 0.29) is 5.91 Å². The van der Waals surface area contributed by atoms with E-state index in [4.69, 9.17) is 5.73 Å². The molecule has 1 aromatic heterocycles. The van der Waals surface area contributed by atoms with Crippen LogP contribution in [0.2, 0.25) is 0 Å². The van der Waals surface area contributed by atoms with Gasteiger partial charge in [0.25, 0.3) is 0 Å². The van der Waals surface area contributed by atoms with Crippen LogP contribution in [-0.4, -0.2) is 27.4 Å². The van der Waals surface area contributed by atoms with Crippen LogP contribution in [0.1, 0.15) is 6.92 Å². The lowest BCUT2D eigenvalue weighted by Gasteiger charge is -1.93. The highest BCUT2D eigenvalue weighted by Gasteiger charge is 1.99. The lowest BCUT2D eigenvalue weighted by molar-refractivity contribution is -0.114. The first-order valence-electron chi connectivity index (χ1n) is 3.60. The molecule has 1 rings (SSSR count). The fraction of sp³-hybridized carbons (Fsp3) is 0.500. The van der Waals surface area contributed by atoms with Crippen LogP contribution < -0.4 is 11.1 Å². The second-order valence-electron chi connectivity index (χ2n) is 2.34. The summed E-state index contributed by atoms with van der Waals surface area (Å²) >= 11 is 0. The summed E-state index contributed by atoms with van der Waals surface area (Å²) in [4.78, 5) is 10.6. The molecule has 12 heavy (non-hydrogen) atoms. The molecular weight excluding hydrogens is 158 g/mol. The van der Waals surface area contributed by atoms with Crippen LogP contribution in [0.5, 0.6) is 0 Å². The van der Waals surface area contributed by atoms with E-state index in [1.54, 1.807) is 10.9 Å². The Hall–Kier alpha value is -1.43. The fourth-order valence-electron chi connectivity index (χ4n) is 0.778. The van der Waals surface area contributed by atoms with Crippen LogP contribution in [0.15, 0.2) is 6.20 Å². The van der Waals surface area contributed by atoms with Crippen molar-refractivity contribution in [3.8, 4) is 0 Å². The molecule has 1 aromatic rings. The predicted molar refractivity (Wildman–Crippen MR) is 43.4 cm³/mol. The first kappa shape index (κ1) is 8.66. The van der Waals surface area contributed by atoms with E-state index in [0.717, 1.165) is 0 Å². The Bertz CT molecular complexity index is 269. The van der Waals surface area contributed by atoms with Crippen molar-refractivity contribution in [2.75, 3.05) is 11.9 Å². The van der Waals surface area contributed by atoms with Gasteiger partial charge in [0, 0.05) is 13.5 Å². The summed E-state index contributed by atoms with van der Waals surface area (Å²) < 4.78 is 1.57. The highest BCUT2D eigenvalue weighted by molar-refractivity contribution is 5.87. The zero-order valence-corrected chi connectivity index (χ0v) is 6.82. The number of amides is 1. The van der Waals surface area contributed by atoms with E-state index >= 15 is 0 Å². The minimum atomic E-state index is -0.158. The first-order chi connectivity index (χ1) is 5.72. The lowest BCUT2D eigenvalue weighted by atomic mass is 10.6. The first-order valence-corrected chi connectivity index (χ1v) is 3.60. The zero-order valence-electron chi connectivity index (χ0n) is 6.82. The van der Waals surface area contributed by atoms with Crippen LogP contribution in [0.4, 0.5) is 5.82 Å². The van der Waals surface area contributed by atoms with Gasteiger partial charge in [0.2, 0.25) is 5.91 Å². The number of aromatic nitrogens is 3. The number of nitrogens with zero attached hydrogens (tertiary/aromatic N) is 3. The molecule has 0 spiro atoms. The van der Waals surface area contributed by atoms with Crippen LogP contribution in [0.25, 0.3) is 0 Å². The summed E-state index contributed by atoms with van der Waals surface area (Å²) in [6, 6.07) is 0. The average Bonchev–Trinajstić information content (AvgIpc) is 2.36. The summed E-state index contributed by atoms with van der Waals surface area (Å²) in [5.41, 5.74) is 5.30. The van der Waals surface area contributed by atoms with E-state index in [9.17, 15) is 4.79 Å². The standard InChI is InChI=1S/C6H11N5O/c1-5(12)8-6-4-11(3-2-7)10-9-6/h4H,2-3,7H2,1H3,(H,8,12). The van der Waals surface area contributed by atoms with E-state index in [1.807, 2.05) is 0 Å². The molecule has 6 heteroatoms. The van der Waals surface area contributed by atoms with E-state index in [2.05, 4.69) is 15.6 Å². The monoisotopic (exact) mass is 169 g/mol. The Balaban J connectivity index is 2.58. The second-order valence-corrected chi connectivity index (χ2v) is 2.34. The molecule has 0 atom stereocenters. The van der Waals surface area contributed by atoms with Gasteiger partial charge in [-0.3, -0.25) is 4.79 Å². The maximum Gasteiger partial charge on any atom is 0.222 e. The summed E-state index contributed by atoms with van der Waals surface area (Å²) in [5.74, 6) is 0.297. The molecule has 0 bridgehead atoms. The molecule has 66 valence electrons. The summed E-state index contributed by atoms with van der Waals surface area (Å²) in [5, 5.41) is 9.94. The average molecular weight is 169 g/mol. The van der Waals surface area contributed by atoms with Gasteiger partial charge in [0.15, 0.2) is 5.82 Å².